The molecule has 1 heterocycles. The highest BCUT2D eigenvalue weighted by molar-refractivity contribution is 6.31. The second-order valence-electron chi connectivity index (χ2n) is 8.52. The van der Waals surface area contributed by atoms with Crippen LogP contribution in [-0.2, 0) is 11.3 Å². The smallest absolute Gasteiger partial charge is 0.290 e. The van der Waals surface area contributed by atoms with E-state index in [0.29, 0.717) is 16.3 Å². The predicted molar refractivity (Wildman–Crippen MR) is 131 cm³/mol. The van der Waals surface area contributed by atoms with E-state index in [4.69, 9.17) is 20.8 Å². The lowest BCUT2D eigenvalue weighted by Gasteiger charge is -2.33. The lowest BCUT2D eigenvalue weighted by atomic mass is 9.94. The zero-order valence-corrected chi connectivity index (χ0v) is 20.0. The molecule has 0 aliphatic heterocycles. The number of furan rings is 1. The molecule has 1 N–H and O–H groups in total. The Kier molecular flexibility index (Phi) is 7.91. The summed E-state index contributed by atoms with van der Waals surface area (Å²) in [5.74, 6) is 0.144. The minimum atomic E-state index is -0.897. The van der Waals surface area contributed by atoms with Crippen molar-refractivity contribution in [3.8, 4) is 5.75 Å². The minimum Gasteiger partial charge on any atom is -0.497 e. The third-order valence-corrected chi connectivity index (χ3v) is 6.58. The summed E-state index contributed by atoms with van der Waals surface area (Å²) in [4.78, 5) is 29.0. The number of hydrogen-bond acceptors (Lipinski definition) is 4. The van der Waals surface area contributed by atoms with Gasteiger partial charge in [0.05, 0.1) is 13.4 Å². The van der Waals surface area contributed by atoms with E-state index in [-0.39, 0.29) is 24.3 Å². The average Bonchev–Trinajstić information content (AvgIpc) is 3.40. The van der Waals surface area contributed by atoms with Crippen LogP contribution in [0.15, 0.2) is 71.3 Å². The number of nitrogens with zero attached hydrogens (tertiary/aromatic N) is 1. The third kappa shape index (κ3) is 5.62. The monoisotopic (exact) mass is 480 g/mol. The van der Waals surface area contributed by atoms with Gasteiger partial charge in [0.15, 0.2) is 5.76 Å². The fraction of sp³-hybridized carbons (Fsp3) is 0.333. The molecule has 0 unspecified atom stereocenters. The Morgan fingerprint density at radius 1 is 1.09 bits per heavy atom. The van der Waals surface area contributed by atoms with Gasteiger partial charge in [-0.25, -0.2) is 0 Å². The van der Waals surface area contributed by atoms with Gasteiger partial charge >= 0.3 is 0 Å². The van der Waals surface area contributed by atoms with Gasteiger partial charge in [-0.3, -0.25) is 9.59 Å². The van der Waals surface area contributed by atoms with Gasteiger partial charge in [-0.05, 0) is 54.3 Å². The molecular weight excluding hydrogens is 452 g/mol. The molecular formula is C27H29ClN2O4. The summed E-state index contributed by atoms with van der Waals surface area (Å²) in [7, 11) is 1.58. The van der Waals surface area contributed by atoms with Gasteiger partial charge in [0.2, 0.25) is 5.91 Å². The fourth-order valence-corrected chi connectivity index (χ4v) is 4.64. The first-order valence-corrected chi connectivity index (χ1v) is 12.0. The Bertz CT molecular complexity index is 1110. The molecule has 0 spiro atoms. The summed E-state index contributed by atoms with van der Waals surface area (Å²) in [6, 6.07) is 17.0. The lowest BCUT2D eigenvalue weighted by Crippen LogP contribution is -2.46. The maximum absolute atomic E-state index is 13.8. The minimum absolute atomic E-state index is 0.0928. The number of hydrogen-bond donors (Lipinski definition) is 1. The van der Waals surface area contributed by atoms with Crippen LogP contribution < -0.4 is 10.1 Å². The summed E-state index contributed by atoms with van der Waals surface area (Å²) in [5.41, 5.74) is 1.39. The molecule has 1 atom stereocenters. The van der Waals surface area contributed by atoms with Crippen LogP contribution in [0.25, 0.3) is 0 Å². The first-order valence-electron chi connectivity index (χ1n) is 11.6. The van der Waals surface area contributed by atoms with Gasteiger partial charge in [0.25, 0.3) is 5.91 Å². The molecule has 178 valence electrons. The van der Waals surface area contributed by atoms with Crippen molar-refractivity contribution in [1.82, 2.24) is 10.2 Å². The number of nitrogens with one attached hydrogen (secondary N) is 1. The Labute approximate surface area is 204 Å². The first-order chi connectivity index (χ1) is 16.6. The van der Waals surface area contributed by atoms with Gasteiger partial charge in [-0.15, -0.1) is 0 Å². The largest absolute Gasteiger partial charge is 0.497 e. The molecule has 1 saturated carbocycles. The van der Waals surface area contributed by atoms with Crippen LogP contribution in [0.5, 0.6) is 5.75 Å². The van der Waals surface area contributed by atoms with E-state index in [0.717, 1.165) is 31.2 Å². The summed E-state index contributed by atoms with van der Waals surface area (Å²) in [6.45, 7) is 0.138. The number of methoxy groups -OCH3 is 1. The molecule has 6 nitrogen and oxygen atoms in total. The number of carbonyl (C=O) groups is 2. The van der Waals surface area contributed by atoms with E-state index in [1.807, 2.05) is 36.4 Å². The standard InChI is InChI=1S/C27H29ClN2O4/c1-33-22-13-7-10-19(17-22)25(26(31)29-21-11-3-2-4-12-21)30(27(32)24-15-8-16-34-24)18-20-9-5-6-14-23(20)28/h5-10,13-17,21,25H,2-4,11-12,18H2,1H3,(H,29,31)/t25-/m1/s1. The SMILES string of the molecule is COc1cccc([C@H](C(=O)NC2CCCCC2)N(Cc2ccccc2Cl)C(=O)c2ccco2)c1. The van der Waals surface area contributed by atoms with Gasteiger partial charge < -0.3 is 19.4 Å². The summed E-state index contributed by atoms with van der Waals surface area (Å²) >= 11 is 6.45. The lowest BCUT2D eigenvalue weighted by molar-refractivity contribution is -0.127. The topological polar surface area (TPSA) is 71.8 Å². The van der Waals surface area contributed by atoms with E-state index in [2.05, 4.69) is 5.32 Å². The molecule has 2 amide bonds. The number of amides is 2. The molecule has 0 bridgehead atoms. The molecule has 7 heteroatoms. The van der Waals surface area contributed by atoms with Crippen LogP contribution in [0.2, 0.25) is 5.02 Å². The molecule has 1 fully saturated rings. The molecule has 1 aliphatic carbocycles. The predicted octanol–water partition coefficient (Wildman–Crippen LogP) is 5.77. The van der Waals surface area contributed by atoms with E-state index < -0.39 is 11.9 Å². The maximum atomic E-state index is 13.8. The molecule has 0 saturated heterocycles. The Balaban J connectivity index is 1.76. The van der Waals surface area contributed by atoms with E-state index in [1.165, 1.54) is 17.6 Å². The number of rotatable bonds is 8. The van der Waals surface area contributed by atoms with E-state index in [9.17, 15) is 9.59 Å². The molecule has 2 aromatic carbocycles. The van der Waals surface area contributed by atoms with Gasteiger partial charge in [0, 0.05) is 17.6 Å². The number of ether oxygens (including phenoxy) is 1. The maximum Gasteiger partial charge on any atom is 0.290 e. The van der Waals surface area contributed by atoms with Crippen molar-refractivity contribution in [1.29, 1.82) is 0 Å². The molecule has 1 aliphatic rings. The Morgan fingerprint density at radius 3 is 2.59 bits per heavy atom. The first kappa shape index (κ1) is 23.9. The number of carbonyl (C=O) groups excluding carboxylic acids is 2. The second kappa shape index (κ2) is 11.3. The molecule has 3 aromatic rings. The highest BCUT2D eigenvalue weighted by Gasteiger charge is 2.35. The van der Waals surface area contributed by atoms with Gasteiger partial charge in [0.1, 0.15) is 11.8 Å². The van der Waals surface area contributed by atoms with Gasteiger partial charge in [-0.2, -0.15) is 0 Å². The highest BCUT2D eigenvalue weighted by Crippen LogP contribution is 2.30. The molecule has 1 aromatic heterocycles. The van der Waals surface area contributed by atoms with Crippen LogP contribution in [0.3, 0.4) is 0 Å². The Hall–Kier alpha value is -3.25. The van der Waals surface area contributed by atoms with Crippen molar-refractivity contribution >= 4 is 23.4 Å². The Morgan fingerprint density at radius 2 is 1.88 bits per heavy atom. The van der Waals surface area contributed by atoms with Crippen LogP contribution in [0, 0.1) is 0 Å². The molecule has 34 heavy (non-hydrogen) atoms. The van der Waals surface area contributed by atoms with Crippen molar-refractivity contribution in [2.24, 2.45) is 0 Å². The third-order valence-electron chi connectivity index (χ3n) is 6.21. The average molecular weight is 481 g/mol. The second-order valence-corrected chi connectivity index (χ2v) is 8.93. The number of halogens is 1. The quantitative estimate of drug-likeness (QED) is 0.444. The van der Waals surface area contributed by atoms with Crippen molar-refractivity contribution in [3.63, 3.8) is 0 Å². The van der Waals surface area contributed by atoms with Gasteiger partial charge in [-0.1, -0.05) is 61.2 Å². The van der Waals surface area contributed by atoms with E-state index >= 15 is 0 Å². The van der Waals surface area contributed by atoms with E-state index in [1.54, 1.807) is 31.4 Å². The van der Waals surface area contributed by atoms with Crippen LogP contribution in [0.4, 0.5) is 0 Å². The van der Waals surface area contributed by atoms with Crippen molar-refractivity contribution < 1.29 is 18.7 Å². The van der Waals surface area contributed by atoms with Crippen molar-refractivity contribution in [2.45, 2.75) is 50.7 Å². The zero-order valence-electron chi connectivity index (χ0n) is 19.2. The summed E-state index contributed by atoms with van der Waals surface area (Å²) in [5, 5.41) is 3.72. The van der Waals surface area contributed by atoms with Crippen LogP contribution >= 0.6 is 11.6 Å². The zero-order chi connectivity index (χ0) is 23.9. The summed E-state index contributed by atoms with van der Waals surface area (Å²) < 4.78 is 10.8. The fourth-order valence-electron chi connectivity index (χ4n) is 4.44. The number of benzene rings is 2. The normalized spacial score (nSPS) is 14.9. The molecule has 4 rings (SSSR count). The van der Waals surface area contributed by atoms with Crippen molar-refractivity contribution in [3.05, 3.63) is 88.8 Å². The molecule has 0 radical (unpaired) electrons. The highest BCUT2D eigenvalue weighted by atomic mass is 35.5. The van der Waals surface area contributed by atoms with Crippen molar-refractivity contribution in [2.75, 3.05) is 7.11 Å². The summed E-state index contributed by atoms with van der Waals surface area (Å²) in [6.07, 6.45) is 6.68. The van der Waals surface area contributed by atoms with Crippen LogP contribution in [0.1, 0.15) is 59.8 Å². The van der Waals surface area contributed by atoms with Crippen LogP contribution in [-0.4, -0.2) is 29.9 Å².